The summed E-state index contributed by atoms with van der Waals surface area (Å²) in [4.78, 5) is 12.2. The Balaban J connectivity index is 1.28. The number of thioether (sulfide) groups is 2. The molecule has 1 heterocycles. The van der Waals surface area contributed by atoms with Crippen LogP contribution < -0.4 is 19.6 Å². The zero-order valence-corrected chi connectivity index (χ0v) is 24.2. The van der Waals surface area contributed by atoms with Gasteiger partial charge in [0.2, 0.25) is 0 Å². The highest BCUT2D eigenvalue weighted by atomic mass is 79.9. The Kier molecular flexibility index (Phi) is 10.0. The number of nitrogens with zero attached hydrogens (tertiary/aromatic N) is 1. The highest BCUT2D eigenvalue weighted by molar-refractivity contribution is 9.10. The Labute approximate surface area is 235 Å². The molecule has 0 bridgehead atoms. The first-order chi connectivity index (χ1) is 17.5. The molecule has 1 fully saturated rings. The SMILES string of the molecule is COc1cc(/C=N\NC(=O)COc2ccc(C3SCCS3)cc2)cc(Br)c1OCc1ccc(Br)cc1. The molecule has 36 heavy (non-hydrogen) atoms. The Morgan fingerprint density at radius 1 is 1.06 bits per heavy atom. The third-order valence-electron chi connectivity index (χ3n) is 5.10. The second-order valence-electron chi connectivity index (χ2n) is 7.67. The van der Waals surface area contributed by atoms with E-state index in [1.54, 1.807) is 13.2 Å². The molecule has 0 atom stereocenters. The molecular weight excluding hydrogens is 628 g/mol. The molecule has 1 aliphatic heterocycles. The van der Waals surface area contributed by atoms with Gasteiger partial charge in [0.15, 0.2) is 18.1 Å². The summed E-state index contributed by atoms with van der Waals surface area (Å²) in [6.45, 7) is 0.270. The number of hydrogen-bond donors (Lipinski definition) is 1. The number of ether oxygens (including phenoxy) is 3. The number of rotatable bonds is 10. The molecule has 0 aliphatic carbocycles. The fourth-order valence-electron chi connectivity index (χ4n) is 3.32. The van der Waals surface area contributed by atoms with Crippen LogP contribution in [0.2, 0.25) is 0 Å². The number of amides is 1. The van der Waals surface area contributed by atoms with Crippen LogP contribution in [0.15, 0.2) is 74.7 Å². The van der Waals surface area contributed by atoms with Crippen molar-refractivity contribution >= 4 is 67.5 Å². The number of carbonyl (C=O) groups excluding carboxylic acids is 1. The fourth-order valence-corrected chi connectivity index (χ4v) is 7.02. The van der Waals surface area contributed by atoms with Gasteiger partial charge in [-0.25, -0.2) is 5.43 Å². The molecule has 3 aromatic carbocycles. The maximum absolute atomic E-state index is 12.2. The number of methoxy groups -OCH3 is 1. The van der Waals surface area contributed by atoms with E-state index in [-0.39, 0.29) is 12.5 Å². The zero-order chi connectivity index (χ0) is 25.3. The quantitative estimate of drug-likeness (QED) is 0.192. The molecule has 0 spiro atoms. The minimum atomic E-state index is -0.349. The summed E-state index contributed by atoms with van der Waals surface area (Å²) >= 11 is 10.9. The van der Waals surface area contributed by atoms with Gasteiger partial charge in [-0.05, 0) is 69.0 Å². The van der Waals surface area contributed by atoms with Gasteiger partial charge in [0.1, 0.15) is 12.4 Å². The maximum Gasteiger partial charge on any atom is 0.277 e. The highest BCUT2D eigenvalue weighted by Crippen LogP contribution is 2.45. The summed E-state index contributed by atoms with van der Waals surface area (Å²) in [5.41, 5.74) is 5.52. The smallest absolute Gasteiger partial charge is 0.277 e. The molecule has 188 valence electrons. The molecule has 0 radical (unpaired) electrons. The van der Waals surface area contributed by atoms with Gasteiger partial charge in [-0.3, -0.25) is 4.79 Å². The van der Waals surface area contributed by atoms with Gasteiger partial charge in [-0.1, -0.05) is 40.2 Å². The van der Waals surface area contributed by atoms with E-state index in [9.17, 15) is 4.79 Å². The van der Waals surface area contributed by atoms with E-state index in [2.05, 4.69) is 54.5 Å². The predicted molar refractivity (Wildman–Crippen MR) is 154 cm³/mol. The molecule has 1 amide bonds. The standard InChI is InChI=1S/C26H24Br2N2O4S2/c1-32-23-13-18(12-22(28)25(23)34-15-17-2-6-20(27)7-3-17)14-29-30-24(31)16-33-21-8-4-19(5-9-21)26-35-10-11-36-26/h2-9,12-14,26H,10-11,15-16H2,1H3,(H,30,31)/b29-14-. The van der Waals surface area contributed by atoms with Crippen LogP contribution in [0.3, 0.4) is 0 Å². The Morgan fingerprint density at radius 2 is 1.78 bits per heavy atom. The topological polar surface area (TPSA) is 69.2 Å². The van der Waals surface area contributed by atoms with Crippen LogP contribution in [0.1, 0.15) is 21.3 Å². The van der Waals surface area contributed by atoms with E-state index in [1.165, 1.54) is 23.3 Å². The summed E-state index contributed by atoms with van der Waals surface area (Å²) in [7, 11) is 1.58. The summed E-state index contributed by atoms with van der Waals surface area (Å²) in [6.07, 6.45) is 1.54. The minimum absolute atomic E-state index is 0.126. The molecule has 1 aliphatic rings. The van der Waals surface area contributed by atoms with Crippen molar-refractivity contribution in [3.63, 3.8) is 0 Å². The van der Waals surface area contributed by atoms with Crippen molar-refractivity contribution < 1.29 is 19.0 Å². The Morgan fingerprint density at radius 3 is 2.47 bits per heavy atom. The molecule has 0 unspecified atom stereocenters. The number of halogens is 2. The van der Waals surface area contributed by atoms with Crippen molar-refractivity contribution in [1.82, 2.24) is 5.43 Å². The molecule has 10 heteroatoms. The number of nitrogens with one attached hydrogen (secondary N) is 1. The van der Waals surface area contributed by atoms with Gasteiger partial charge < -0.3 is 14.2 Å². The fraction of sp³-hybridized carbons (Fsp3) is 0.231. The second kappa shape index (κ2) is 13.4. The van der Waals surface area contributed by atoms with Crippen molar-refractivity contribution in [2.45, 2.75) is 11.2 Å². The van der Waals surface area contributed by atoms with Crippen molar-refractivity contribution in [3.8, 4) is 17.2 Å². The van der Waals surface area contributed by atoms with Crippen LogP contribution in [0, 0.1) is 0 Å². The lowest BCUT2D eigenvalue weighted by atomic mass is 10.2. The van der Waals surface area contributed by atoms with E-state index < -0.39 is 0 Å². The molecule has 1 saturated heterocycles. The second-order valence-corrected chi connectivity index (χ2v) is 12.2. The average Bonchev–Trinajstić information content (AvgIpc) is 3.43. The highest BCUT2D eigenvalue weighted by Gasteiger charge is 2.18. The van der Waals surface area contributed by atoms with Crippen molar-refractivity contribution in [1.29, 1.82) is 0 Å². The van der Waals surface area contributed by atoms with Crippen molar-refractivity contribution in [2.75, 3.05) is 25.2 Å². The zero-order valence-electron chi connectivity index (χ0n) is 19.4. The van der Waals surface area contributed by atoms with Gasteiger partial charge in [-0.15, -0.1) is 23.5 Å². The molecule has 6 nitrogen and oxygen atoms in total. The molecule has 4 rings (SSSR count). The summed E-state index contributed by atoms with van der Waals surface area (Å²) in [5, 5.41) is 4.04. The number of hydrazone groups is 1. The normalized spacial score (nSPS) is 13.6. The monoisotopic (exact) mass is 650 g/mol. The minimum Gasteiger partial charge on any atom is -0.493 e. The van der Waals surface area contributed by atoms with Crippen LogP contribution in [0.4, 0.5) is 0 Å². The van der Waals surface area contributed by atoms with Crippen molar-refractivity contribution in [3.05, 3.63) is 86.3 Å². The summed E-state index contributed by atoms with van der Waals surface area (Å²) in [6, 6.07) is 19.4. The first kappa shape index (κ1) is 26.9. The van der Waals surface area contributed by atoms with Crippen molar-refractivity contribution in [2.24, 2.45) is 5.10 Å². The van der Waals surface area contributed by atoms with Gasteiger partial charge in [0.05, 0.1) is 22.4 Å². The van der Waals surface area contributed by atoms with Crippen LogP contribution in [0.25, 0.3) is 0 Å². The number of carbonyl (C=O) groups is 1. The molecule has 3 aromatic rings. The van der Waals surface area contributed by atoms with E-state index in [4.69, 9.17) is 14.2 Å². The first-order valence-corrected chi connectivity index (χ1v) is 14.7. The van der Waals surface area contributed by atoms with Gasteiger partial charge in [-0.2, -0.15) is 5.10 Å². The summed E-state index contributed by atoms with van der Waals surface area (Å²) < 4.78 is 19.3. The van der Waals surface area contributed by atoms with E-state index in [0.717, 1.165) is 15.6 Å². The van der Waals surface area contributed by atoms with E-state index >= 15 is 0 Å². The Bertz CT molecular complexity index is 1200. The van der Waals surface area contributed by atoms with Crippen LogP contribution >= 0.6 is 55.4 Å². The lowest BCUT2D eigenvalue weighted by Crippen LogP contribution is -2.24. The third kappa shape index (κ3) is 7.68. The summed E-state index contributed by atoms with van der Waals surface area (Å²) in [5.74, 6) is 3.81. The first-order valence-electron chi connectivity index (χ1n) is 11.0. The average molecular weight is 652 g/mol. The lowest BCUT2D eigenvalue weighted by Gasteiger charge is -2.13. The van der Waals surface area contributed by atoms with E-state index in [1.807, 2.05) is 66.0 Å². The predicted octanol–water partition coefficient (Wildman–Crippen LogP) is 6.81. The molecule has 0 aromatic heterocycles. The third-order valence-corrected chi connectivity index (χ3v) is 9.32. The van der Waals surface area contributed by atoms with Gasteiger partial charge in [0, 0.05) is 16.0 Å². The number of benzene rings is 3. The van der Waals surface area contributed by atoms with Crippen LogP contribution in [0.5, 0.6) is 17.2 Å². The van der Waals surface area contributed by atoms with Crippen LogP contribution in [-0.2, 0) is 11.4 Å². The number of hydrogen-bond acceptors (Lipinski definition) is 7. The molecule has 0 saturated carbocycles. The largest absolute Gasteiger partial charge is 0.493 e. The maximum atomic E-state index is 12.2. The lowest BCUT2D eigenvalue weighted by molar-refractivity contribution is -0.123. The molecular formula is C26H24Br2N2O4S2. The Hall–Kier alpha value is -2.14. The van der Waals surface area contributed by atoms with E-state index in [0.29, 0.717) is 32.9 Å². The van der Waals surface area contributed by atoms with Gasteiger partial charge >= 0.3 is 0 Å². The molecule has 1 N–H and O–H groups in total. The van der Waals surface area contributed by atoms with Gasteiger partial charge in [0.25, 0.3) is 5.91 Å². The van der Waals surface area contributed by atoms with Crippen LogP contribution in [-0.4, -0.2) is 37.3 Å².